The van der Waals surface area contributed by atoms with E-state index in [0.717, 1.165) is 16.8 Å². The highest BCUT2D eigenvalue weighted by atomic mass is 16.5. The molecule has 0 saturated heterocycles. The van der Waals surface area contributed by atoms with Crippen molar-refractivity contribution < 1.29 is 19.2 Å². The predicted octanol–water partition coefficient (Wildman–Crippen LogP) is 1.71. The summed E-state index contributed by atoms with van der Waals surface area (Å²) in [4.78, 5) is 13.8. The lowest BCUT2D eigenvalue weighted by molar-refractivity contribution is -0.121. The van der Waals surface area contributed by atoms with Crippen LogP contribution >= 0.6 is 0 Å². The number of aliphatic hydroxyl groups is 1. The first kappa shape index (κ1) is 13.6. The summed E-state index contributed by atoms with van der Waals surface area (Å²) in [5.41, 5.74) is 3.06. The molecular formula is C15H16N2O4. The van der Waals surface area contributed by atoms with Gasteiger partial charge in [-0.2, -0.15) is 0 Å². The van der Waals surface area contributed by atoms with Crippen molar-refractivity contribution in [2.24, 2.45) is 0 Å². The van der Waals surface area contributed by atoms with E-state index in [4.69, 9.17) is 9.26 Å². The van der Waals surface area contributed by atoms with Crippen LogP contribution in [-0.2, 0) is 17.9 Å². The van der Waals surface area contributed by atoms with Crippen molar-refractivity contribution in [1.82, 2.24) is 5.16 Å². The molecule has 1 aromatic carbocycles. The highest BCUT2D eigenvalue weighted by Gasteiger charge is 2.27. The Labute approximate surface area is 121 Å². The van der Waals surface area contributed by atoms with Gasteiger partial charge in [-0.3, -0.25) is 4.79 Å². The van der Waals surface area contributed by atoms with E-state index >= 15 is 0 Å². The predicted molar refractivity (Wildman–Crippen MR) is 75.0 cm³/mol. The molecule has 6 nitrogen and oxygen atoms in total. The Bertz CT molecular complexity index is 673. The fourth-order valence-corrected chi connectivity index (χ4v) is 2.41. The third-order valence-electron chi connectivity index (χ3n) is 3.65. The minimum absolute atomic E-state index is 0.00878. The Morgan fingerprint density at radius 1 is 1.38 bits per heavy atom. The minimum atomic E-state index is -0.127. The molecule has 110 valence electrons. The first-order chi connectivity index (χ1) is 10.1. The molecule has 3 rings (SSSR count). The Morgan fingerprint density at radius 2 is 2.19 bits per heavy atom. The van der Waals surface area contributed by atoms with Crippen LogP contribution in [0.3, 0.4) is 0 Å². The molecule has 0 aliphatic carbocycles. The van der Waals surface area contributed by atoms with Gasteiger partial charge < -0.3 is 19.3 Å². The van der Waals surface area contributed by atoms with Crippen molar-refractivity contribution in [2.75, 3.05) is 11.5 Å². The van der Waals surface area contributed by atoms with Crippen molar-refractivity contribution in [3.63, 3.8) is 0 Å². The van der Waals surface area contributed by atoms with Crippen LogP contribution in [0.25, 0.3) is 0 Å². The van der Waals surface area contributed by atoms with Gasteiger partial charge >= 0.3 is 0 Å². The smallest absolute Gasteiger partial charge is 0.265 e. The molecule has 6 heteroatoms. The Hall–Kier alpha value is -2.34. The van der Waals surface area contributed by atoms with Crippen LogP contribution in [0.2, 0.25) is 0 Å². The van der Waals surface area contributed by atoms with Gasteiger partial charge in [0.25, 0.3) is 5.91 Å². The van der Waals surface area contributed by atoms with Crippen LogP contribution in [0.15, 0.2) is 22.7 Å². The maximum Gasteiger partial charge on any atom is 0.265 e. The van der Waals surface area contributed by atoms with Crippen LogP contribution in [0, 0.1) is 13.8 Å². The number of rotatable bonds is 3. The molecule has 0 atom stereocenters. The van der Waals surface area contributed by atoms with Crippen LogP contribution in [0.4, 0.5) is 5.69 Å². The number of aryl methyl sites for hydroxylation is 2. The summed E-state index contributed by atoms with van der Waals surface area (Å²) in [6.07, 6.45) is 0. The molecule has 0 fully saturated rings. The van der Waals surface area contributed by atoms with E-state index in [2.05, 4.69) is 5.16 Å². The van der Waals surface area contributed by atoms with Gasteiger partial charge in [-0.05, 0) is 31.5 Å². The molecule has 0 saturated carbocycles. The molecule has 1 amide bonds. The molecule has 0 unspecified atom stereocenters. The van der Waals surface area contributed by atoms with E-state index in [-0.39, 0.29) is 19.1 Å². The van der Waals surface area contributed by atoms with Gasteiger partial charge in [0.2, 0.25) is 0 Å². The van der Waals surface area contributed by atoms with Crippen LogP contribution in [-0.4, -0.2) is 22.8 Å². The van der Waals surface area contributed by atoms with Gasteiger partial charge in [-0.1, -0.05) is 11.2 Å². The number of carbonyl (C=O) groups excluding carboxylic acids is 1. The third kappa shape index (κ3) is 2.38. The first-order valence-corrected chi connectivity index (χ1v) is 6.69. The Morgan fingerprint density at radius 3 is 2.86 bits per heavy atom. The molecule has 21 heavy (non-hydrogen) atoms. The van der Waals surface area contributed by atoms with Gasteiger partial charge in [0.05, 0.1) is 24.5 Å². The van der Waals surface area contributed by atoms with E-state index in [1.807, 2.05) is 13.8 Å². The molecule has 1 aliphatic heterocycles. The highest BCUT2D eigenvalue weighted by Crippen LogP contribution is 2.34. The largest absolute Gasteiger partial charge is 0.482 e. The summed E-state index contributed by atoms with van der Waals surface area (Å²) in [6, 6.07) is 5.32. The maximum absolute atomic E-state index is 12.2. The second kappa shape index (κ2) is 5.21. The summed E-state index contributed by atoms with van der Waals surface area (Å²) in [6.45, 7) is 3.98. The highest BCUT2D eigenvalue weighted by molar-refractivity contribution is 5.97. The topological polar surface area (TPSA) is 75.8 Å². The second-order valence-electron chi connectivity index (χ2n) is 5.03. The number of carbonyl (C=O) groups is 1. The zero-order valence-electron chi connectivity index (χ0n) is 11.9. The summed E-state index contributed by atoms with van der Waals surface area (Å²) in [5, 5.41) is 13.2. The summed E-state index contributed by atoms with van der Waals surface area (Å²) in [7, 11) is 0. The molecule has 2 aromatic rings. The minimum Gasteiger partial charge on any atom is -0.482 e. The van der Waals surface area contributed by atoms with Crippen molar-refractivity contribution in [3.05, 3.63) is 40.8 Å². The van der Waals surface area contributed by atoms with Crippen LogP contribution in [0.5, 0.6) is 5.75 Å². The zero-order valence-corrected chi connectivity index (χ0v) is 11.9. The van der Waals surface area contributed by atoms with Crippen LogP contribution in [0.1, 0.15) is 22.6 Å². The third-order valence-corrected chi connectivity index (χ3v) is 3.65. The van der Waals surface area contributed by atoms with E-state index in [9.17, 15) is 9.90 Å². The SMILES string of the molecule is Cc1noc(C)c1CN1C(=O)COc2ccc(CO)cc21. The van der Waals surface area contributed by atoms with E-state index in [1.54, 1.807) is 23.1 Å². The number of benzene rings is 1. The first-order valence-electron chi connectivity index (χ1n) is 6.69. The van der Waals surface area contributed by atoms with Gasteiger partial charge in [0.15, 0.2) is 6.61 Å². The monoisotopic (exact) mass is 288 g/mol. The molecule has 2 heterocycles. The van der Waals surface area contributed by atoms with Gasteiger partial charge in [-0.15, -0.1) is 0 Å². The maximum atomic E-state index is 12.2. The molecule has 1 N–H and O–H groups in total. The fraction of sp³-hybridized carbons (Fsp3) is 0.333. The van der Waals surface area contributed by atoms with E-state index in [1.165, 1.54) is 0 Å². The number of hydrogen-bond acceptors (Lipinski definition) is 5. The number of nitrogens with zero attached hydrogens (tertiary/aromatic N) is 2. The average Bonchev–Trinajstić information content (AvgIpc) is 2.81. The summed E-state index contributed by atoms with van der Waals surface area (Å²) in [5.74, 6) is 1.21. The Balaban J connectivity index is 2.00. The number of aromatic nitrogens is 1. The quantitative estimate of drug-likeness (QED) is 0.930. The normalized spacial score (nSPS) is 14.0. The summed E-state index contributed by atoms with van der Waals surface area (Å²) < 4.78 is 10.6. The molecule has 0 radical (unpaired) electrons. The molecule has 0 bridgehead atoms. The van der Waals surface area contributed by atoms with Gasteiger partial charge in [-0.25, -0.2) is 0 Å². The molecule has 1 aromatic heterocycles. The zero-order chi connectivity index (χ0) is 15.0. The number of hydrogen-bond donors (Lipinski definition) is 1. The average molecular weight is 288 g/mol. The lowest BCUT2D eigenvalue weighted by Crippen LogP contribution is -2.38. The van der Waals surface area contributed by atoms with Crippen molar-refractivity contribution >= 4 is 11.6 Å². The van der Waals surface area contributed by atoms with Crippen molar-refractivity contribution in [1.29, 1.82) is 0 Å². The molecule has 0 spiro atoms. The van der Waals surface area contributed by atoms with Crippen LogP contribution < -0.4 is 9.64 Å². The van der Waals surface area contributed by atoms with E-state index in [0.29, 0.717) is 23.7 Å². The lowest BCUT2D eigenvalue weighted by atomic mass is 10.1. The standard InChI is InChI=1S/C15H16N2O4/c1-9-12(10(2)21-16-9)6-17-13-5-11(7-18)3-4-14(13)20-8-15(17)19/h3-5,18H,6-8H2,1-2H3. The van der Waals surface area contributed by atoms with Gasteiger partial charge in [0, 0.05) is 5.56 Å². The van der Waals surface area contributed by atoms with Crippen molar-refractivity contribution in [3.8, 4) is 5.75 Å². The van der Waals surface area contributed by atoms with Gasteiger partial charge in [0.1, 0.15) is 11.5 Å². The molecule has 1 aliphatic rings. The Kier molecular flexibility index (Phi) is 3.39. The van der Waals surface area contributed by atoms with Crippen molar-refractivity contribution in [2.45, 2.75) is 27.0 Å². The second-order valence-corrected chi connectivity index (χ2v) is 5.03. The summed E-state index contributed by atoms with van der Waals surface area (Å²) >= 11 is 0. The number of fused-ring (bicyclic) bond motifs is 1. The number of aliphatic hydroxyl groups excluding tert-OH is 1. The van der Waals surface area contributed by atoms with E-state index < -0.39 is 0 Å². The number of ether oxygens (including phenoxy) is 1. The fourth-order valence-electron chi connectivity index (χ4n) is 2.41. The molecular weight excluding hydrogens is 272 g/mol. The number of amides is 1. The lowest BCUT2D eigenvalue weighted by Gasteiger charge is -2.29. The number of anilines is 1.